The Morgan fingerprint density at radius 3 is 2.75 bits per heavy atom. The fourth-order valence-electron chi connectivity index (χ4n) is 1.66. The number of nitrogens with zero attached hydrogens (tertiary/aromatic N) is 1. The van der Waals surface area contributed by atoms with Crippen molar-refractivity contribution in [3.05, 3.63) is 52.0 Å². The van der Waals surface area contributed by atoms with Gasteiger partial charge in [-0.05, 0) is 41.1 Å². The third-order valence-corrected chi connectivity index (χ3v) is 3.55. The molecule has 0 aliphatic heterocycles. The van der Waals surface area contributed by atoms with E-state index in [9.17, 15) is 0 Å². The van der Waals surface area contributed by atoms with Crippen molar-refractivity contribution in [3.63, 3.8) is 0 Å². The van der Waals surface area contributed by atoms with Crippen LogP contribution in [0.2, 0.25) is 0 Å². The number of nitrogens with one attached hydrogen (secondary N) is 1. The van der Waals surface area contributed by atoms with Crippen LogP contribution in [-0.4, -0.2) is 4.98 Å². The van der Waals surface area contributed by atoms with Crippen molar-refractivity contribution < 1.29 is 0 Å². The third kappa shape index (κ3) is 2.90. The minimum atomic E-state index is 0.906. The second kappa shape index (κ2) is 5.77. The van der Waals surface area contributed by atoms with Crippen molar-refractivity contribution in [1.29, 1.82) is 0 Å². The molecule has 0 saturated heterocycles. The highest BCUT2D eigenvalue weighted by atomic mass is 32.1. The lowest BCUT2D eigenvalue weighted by Gasteiger charge is -2.04. The predicted molar refractivity (Wildman–Crippen MR) is 68.5 cm³/mol. The molecule has 84 valence electrons. The van der Waals surface area contributed by atoms with Crippen molar-refractivity contribution in [2.75, 3.05) is 0 Å². The highest BCUT2D eigenvalue weighted by molar-refractivity contribution is 7.10. The largest absolute Gasteiger partial charge is 0.308 e. The van der Waals surface area contributed by atoms with Gasteiger partial charge in [0.1, 0.15) is 0 Å². The average molecular weight is 232 g/mol. The summed E-state index contributed by atoms with van der Waals surface area (Å²) in [6, 6.07) is 6.30. The fourth-order valence-corrected chi connectivity index (χ4v) is 2.60. The Kier molecular flexibility index (Phi) is 4.08. The van der Waals surface area contributed by atoms with Crippen LogP contribution in [0.5, 0.6) is 0 Å². The van der Waals surface area contributed by atoms with Crippen LogP contribution in [-0.2, 0) is 19.5 Å². The molecule has 3 heteroatoms. The fraction of sp³-hybridized carbons (Fsp3) is 0.308. The molecule has 2 aromatic rings. The molecule has 0 saturated carbocycles. The SMILES string of the molecule is CCc1ccsc1CNCc1ccncc1. The predicted octanol–water partition coefficient (Wildman–Crippen LogP) is 3.00. The maximum Gasteiger partial charge on any atom is 0.0305 e. The molecule has 0 bridgehead atoms. The van der Waals surface area contributed by atoms with Gasteiger partial charge in [-0.3, -0.25) is 4.98 Å². The van der Waals surface area contributed by atoms with Crippen LogP contribution in [0.3, 0.4) is 0 Å². The standard InChI is InChI=1S/C13H16N2S/c1-2-12-5-8-16-13(12)10-15-9-11-3-6-14-7-4-11/h3-8,15H,2,9-10H2,1H3. The van der Waals surface area contributed by atoms with Gasteiger partial charge in [0.2, 0.25) is 0 Å². The van der Waals surface area contributed by atoms with Crippen LogP contribution in [0.15, 0.2) is 36.0 Å². The summed E-state index contributed by atoms with van der Waals surface area (Å²) in [7, 11) is 0. The lowest BCUT2D eigenvalue weighted by Crippen LogP contribution is -2.12. The Morgan fingerprint density at radius 2 is 2.00 bits per heavy atom. The van der Waals surface area contributed by atoms with E-state index in [0.717, 1.165) is 19.5 Å². The van der Waals surface area contributed by atoms with Gasteiger partial charge < -0.3 is 5.32 Å². The zero-order valence-corrected chi connectivity index (χ0v) is 10.3. The lowest BCUT2D eigenvalue weighted by atomic mass is 10.2. The molecule has 16 heavy (non-hydrogen) atoms. The maximum atomic E-state index is 4.01. The second-order valence-corrected chi connectivity index (χ2v) is 4.68. The van der Waals surface area contributed by atoms with E-state index in [1.165, 1.54) is 16.0 Å². The van der Waals surface area contributed by atoms with E-state index in [0.29, 0.717) is 0 Å². The average Bonchev–Trinajstić information content (AvgIpc) is 2.78. The third-order valence-electron chi connectivity index (χ3n) is 2.58. The first-order valence-corrected chi connectivity index (χ1v) is 6.43. The van der Waals surface area contributed by atoms with Gasteiger partial charge in [-0.1, -0.05) is 6.92 Å². The molecule has 0 aliphatic carbocycles. The summed E-state index contributed by atoms with van der Waals surface area (Å²) in [5, 5.41) is 5.63. The van der Waals surface area contributed by atoms with Crippen LogP contribution >= 0.6 is 11.3 Å². The van der Waals surface area contributed by atoms with Crippen molar-refractivity contribution >= 4 is 11.3 Å². The first kappa shape index (κ1) is 11.3. The molecule has 0 amide bonds. The monoisotopic (exact) mass is 232 g/mol. The van der Waals surface area contributed by atoms with E-state index in [1.807, 2.05) is 35.9 Å². The van der Waals surface area contributed by atoms with Gasteiger partial charge in [0.15, 0.2) is 0 Å². The summed E-state index contributed by atoms with van der Waals surface area (Å²) in [5.41, 5.74) is 2.75. The smallest absolute Gasteiger partial charge is 0.0305 e. The quantitative estimate of drug-likeness (QED) is 0.857. The van der Waals surface area contributed by atoms with Crippen LogP contribution in [0.1, 0.15) is 22.9 Å². The lowest BCUT2D eigenvalue weighted by molar-refractivity contribution is 0.696. The Balaban J connectivity index is 1.85. The summed E-state index contributed by atoms with van der Waals surface area (Å²) in [5.74, 6) is 0. The van der Waals surface area contributed by atoms with Gasteiger partial charge in [0, 0.05) is 30.4 Å². The summed E-state index contributed by atoms with van der Waals surface area (Å²) in [6.45, 7) is 4.07. The van der Waals surface area contributed by atoms with Crippen LogP contribution < -0.4 is 5.32 Å². The van der Waals surface area contributed by atoms with Gasteiger partial charge in [0.25, 0.3) is 0 Å². The molecule has 2 heterocycles. The van der Waals surface area contributed by atoms with E-state index in [2.05, 4.69) is 28.7 Å². The minimum Gasteiger partial charge on any atom is -0.308 e. The first-order chi connectivity index (χ1) is 7.90. The van der Waals surface area contributed by atoms with E-state index in [-0.39, 0.29) is 0 Å². The van der Waals surface area contributed by atoms with E-state index in [4.69, 9.17) is 0 Å². The summed E-state index contributed by atoms with van der Waals surface area (Å²) in [4.78, 5) is 5.46. The number of rotatable bonds is 5. The summed E-state index contributed by atoms with van der Waals surface area (Å²) < 4.78 is 0. The molecule has 0 fully saturated rings. The molecule has 0 radical (unpaired) electrons. The van der Waals surface area contributed by atoms with Crippen molar-refractivity contribution in [2.24, 2.45) is 0 Å². The highest BCUT2D eigenvalue weighted by Crippen LogP contribution is 2.16. The Hall–Kier alpha value is -1.19. The van der Waals surface area contributed by atoms with Gasteiger partial charge >= 0.3 is 0 Å². The number of aromatic nitrogens is 1. The van der Waals surface area contributed by atoms with E-state index in [1.54, 1.807) is 0 Å². The van der Waals surface area contributed by atoms with Crippen LogP contribution in [0.25, 0.3) is 0 Å². The zero-order chi connectivity index (χ0) is 11.2. The Morgan fingerprint density at radius 1 is 1.19 bits per heavy atom. The number of hydrogen-bond donors (Lipinski definition) is 1. The van der Waals surface area contributed by atoms with E-state index < -0.39 is 0 Å². The Labute approximate surface area is 100 Å². The van der Waals surface area contributed by atoms with Gasteiger partial charge in [-0.25, -0.2) is 0 Å². The normalized spacial score (nSPS) is 10.6. The highest BCUT2D eigenvalue weighted by Gasteiger charge is 2.01. The molecule has 2 aromatic heterocycles. The molecule has 0 unspecified atom stereocenters. The summed E-state index contributed by atoms with van der Waals surface area (Å²) in [6.07, 6.45) is 4.79. The van der Waals surface area contributed by atoms with Gasteiger partial charge in [0.05, 0.1) is 0 Å². The molecule has 0 aromatic carbocycles. The Bertz CT molecular complexity index is 423. The minimum absolute atomic E-state index is 0.906. The molecule has 0 aliphatic rings. The number of pyridine rings is 1. The zero-order valence-electron chi connectivity index (χ0n) is 9.44. The van der Waals surface area contributed by atoms with Crippen molar-refractivity contribution in [2.45, 2.75) is 26.4 Å². The molecule has 2 rings (SSSR count). The topological polar surface area (TPSA) is 24.9 Å². The molecular weight excluding hydrogens is 216 g/mol. The first-order valence-electron chi connectivity index (χ1n) is 5.55. The maximum absolute atomic E-state index is 4.01. The number of aryl methyl sites for hydroxylation is 1. The second-order valence-electron chi connectivity index (χ2n) is 3.68. The molecule has 0 spiro atoms. The van der Waals surface area contributed by atoms with Crippen LogP contribution in [0.4, 0.5) is 0 Å². The molecule has 2 nitrogen and oxygen atoms in total. The number of thiophene rings is 1. The molecule has 0 atom stereocenters. The summed E-state index contributed by atoms with van der Waals surface area (Å²) >= 11 is 1.83. The van der Waals surface area contributed by atoms with Crippen LogP contribution in [0, 0.1) is 0 Å². The van der Waals surface area contributed by atoms with Gasteiger partial charge in [-0.2, -0.15) is 0 Å². The molecule has 1 N–H and O–H groups in total. The number of hydrogen-bond acceptors (Lipinski definition) is 3. The van der Waals surface area contributed by atoms with Crippen molar-refractivity contribution in [1.82, 2.24) is 10.3 Å². The van der Waals surface area contributed by atoms with Crippen molar-refractivity contribution in [3.8, 4) is 0 Å². The van der Waals surface area contributed by atoms with Gasteiger partial charge in [-0.15, -0.1) is 11.3 Å². The van der Waals surface area contributed by atoms with E-state index >= 15 is 0 Å². The molecular formula is C13H16N2S.